The molecule has 2 N–H and O–H groups in total. The molecular formula is C22H25N6O2S+. The Balaban J connectivity index is 1.29. The lowest BCUT2D eigenvalue weighted by atomic mass is 10.2. The number of rotatable bonds is 6. The van der Waals surface area contributed by atoms with Gasteiger partial charge < -0.3 is 15.1 Å². The second kappa shape index (κ2) is 9.65. The number of hydrogen-bond donors (Lipinski definition) is 2. The van der Waals surface area contributed by atoms with E-state index in [1.807, 2.05) is 64.2 Å². The van der Waals surface area contributed by atoms with Gasteiger partial charge in [0.25, 0.3) is 0 Å². The molecule has 1 aliphatic rings. The third kappa shape index (κ3) is 5.24. The highest BCUT2D eigenvalue weighted by atomic mass is 32.2. The minimum absolute atomic E-state index is 0.0876. The van der Waals surface area contributed by atoms with Gasteiger partial charge in [0.05, 0.1) is 5.75 Å². The summed E-state index contributed by atoms with van der Waals surface area (Å²) in [6.45, 7) is 4.71. The molecule has 9 heteroatoms. The number of carbonyl (C=O) groups is 2. The van der Waals surface area contributed by atoms with E-state index in [0.717, 1.165) is 48.4 Å². The average molecular weight is 438 g/mol. The number of nitrogens with zero attached hydrogens (tertiary/aromatic N) is 4. The molecule has 0 saturated carbocycles. The number of H-pyrrole nitrogens is 1. The van der Waals surface area contributed by atoms with Crippen molar-refractivity contribution >= 4 is 35.0 Å². The van der Waals surface area contributed by atoms with Crippen molar-refractivity contribution in [2.24, 2.45) is 0 Å². The van der Waals surface area contributed by atoms with E-state index >= 15 is 0 Å². The Labute approximate surface area is 185 Å². The van der Waals surface area contributed by atoms with E-state index < -0.39 is 0 Å². The molecule has 0 atom stereocenters. The van der Waals surface area contributed by atoms with Crippen molar-refractivity contribution in [2.45, 2.75) is 12.1 Å². The normalized spacial score (nSPS) is 13.8. The number of benzene rings is 2. The molecule has 160 valence electrons. The fourth-order valence-electron chi connectivity index (χ4n) is 3.48. The third-order valence-corrected chi connectivity index (χ3v) is 6.09. The van der Waals surface area contributed by atoms with E-state index in [1.165, 1.54) is 11.8 Å². The topological polar surface area (TPSA) is 85.2 Å². The quantitative estimate of drug-likeness (QED) is 0.456. The summed E-state index contributed by atoms with van der Waals surface area (Å²) in [6, 6.07) is 17.6. The zero-order valence-electron chi connectivity index (χ0n) is 17.3. The van der Waals surface area contributed by atoms with Gasteiger partial charge in [-0.25, -0.2) is 0 Å². The van der Waals surface area contributed by atoms with Crippen LogP contribution in [0.1, 0.15) is 6.92 Å². The minimum atomic E-state index is -0.0876. The summed E-state index contributed by atoms with van der Waals surface area (Å²) in [5.41, 5.74) is 2.81. The van der Waals surface area contributed by atoms with Gasteiger partial charge in [0.1, 0.15) is 0 Å². The Morgan fingerprint density at radius 1 is 1.06 bits per heavy atom. The molecule has 2 aromatic carbocycles. The summed E-state index contributed by atoms with van der Waals surface area (Å²) in [5, 5.41) is 6.73. The molecule has 2 amide bonds. The fourth-order valence-corrected chi connectivity index (χ4v) is 4.23. The van der Waals surface area contributed by atoms with Gasteiger partial charge in [-0.3, -0.25) is 9.59 Å². The molecule has 1 saturated heterocycles. The van der Waals surface area contributed by atoms with Crippen LogP contribution in [-0.4, -0.2) is 58.7 Å². The van der Waals surface area contributed by atoms with Crippen molar-refractivity contribution in [3.8, 4) is 5.69 Å². The van der Waals surface area contributed by atoms with Crippen LogP contribution in [0.3, 0.4) is 0 Å². The van der Waals surface area contributed by atoms with Gasteiger partial charge in [0, 0.05) is 44.5 Å². The number of aromatic nitrogens is 3. The van der Waals surface area contributed by atoms with E-state index in [-0.39, 0.29) is 17.6 Å². The first kappa shape index (κ1) is 20.9. The number of nitrogens with one attached hydrogen (secondary N) is 2. The second-order valence-corrected chi connectivity index (χ2v) is 8.16. The molecule has 1 aromatic heterocycles. The zero-order chi connectivity index (χ0) is 21.6. The summed E-state index contributed by atoms with van der Waals surface area (Å²) >= 11 is 1.37. The predicted octanol–water partition coefficient (Wildman–Crippen LogP) is 2.09. The van der Waals surface area contributed by atoms with Crippen LogP contribution in [-0.2, 0) is 9.59 Å². The van der Waals surface area contributed by atoms with E-state index in [4.69, 9.17) is 0 Å². The lowest BCUT2D eigenvalue weighted by Crippen LogP contribution is -2.48. The monoisotopic (exact) mass is 437 g/mol. The summed E-state index contributed by atoms with van der Waals surface area (Å²) in [7, 11) is 0. The Kier molecular flexibility index (Phi) is 6.51. The molecule has 0 aliphatic carbocycles. The SMILES string of the molecule is CC(=O)N1CCN(c2ccc(NC(=O)CSc3nc[nH][n+]3-c3ccccc3)cc2)CC1. The molecule has 2 heterocycles. The Bertz CT molecular complexity index is 1030. The molecule has 1 fully saturated rings. The summed E-state index contributed by atoms with van der Waals surface area (Å²) in [5.74, 6) is 0.294. The first-order valence-electron chi connectivity index (χ1n) is 10.1. The molecule has 0 bridgehead atoms. The number of hydrogen-bond acceptors (Lipinski definition) is 5. The zero-order valence-corrected chi connectivity index (χ0v) is 18.1. The highest BCUT2D eigenvalue weighted by Gasteiger charge is 2.20. The van der Waals surface area contributed by atoms with Gasteiger partial charge in [0.2, 0.25) is 18.1 Å². The lowest BCUT2D eigenvalue weighted by molar-refractivity contribution is -0.694. The van der Waals surface area contributed by atoms with Crippen molar-refractivity contribution in [2.75, 3.05) is 42.1 Å². The smallest absolute Gasteiger partial charge is 0.368 e. The summed E-state index contributed by atoms with van der Waals surface area (Å²) < 4.78 is 1.85. The number of carbonyl (C=O) groups excluding carboxylic acids is 2. The van der Waals surface area contributed by atoms with Gasteiger partial charge in [0.15, 0.2) is 5.69 Å². The predicted molar refractivity (Wildman–Crippen MR) is 120 cm³/mol. The van der Waals surface area contributed by atoms with Crippen LogP contribution < -0.4 is 14.9 Å². The molecule has 31 heavy (non-hydrogen) atoms. The van der Waals surface area contributed by atoms with Crippen LogP contribution in [0.2, 0.25) is 0 Å². The first-order chi connectivity index (χ1) is 15.1. The van der Waals surface area contributed by atoms with Crippen LogP contribution in [0, 0.1) is 0 Å². The average Bonchev–Trinajstić information content (AvgIpc) is 3.28. The van der Waals surface area contributed by atoms with Crippen LogP contribution in [0.4, 0.5) is 11.4 Å². The largest absolute Gasteiger partial charge is 0.385 e. The van der Waals surface area contributed by atoms with Crippen LogP contribution >= 0.6 is 11.8 Å². The Morgan fingerprint density at radius 3 is 2.45 bits per heavy atom. The molecule has 1 aliphatic heterocycles. The van der Waals surface area contributed by atoms with E-state index in [0.29, 0.717) is 0 Å². The van der Waals surface area contributed by atoms with Crippen LogP contribution in [0.5, 0.6) is 0 Å². The maximum Gasteiger partial charge on any atom is 0.385 e. The highest BCUT2D eigenvalue weighted by Crippen LogP contribution is 2.20. The van der Waals surface area contributed by atoms with Crippen LogP contribution in [0.25, 0.3) is 5.69 Å². The molecule has 3 aromatic rings. The van der Waals surface area contributed by atoms with Crippen molar-refractivity contribution in [1.82, 2.24) is 15.0 Å². The molecule has 0 radical (unpaired) electrons. The van der Waals surface area contributed by atoms with E-state index in [9.17, 15) is 9.59 Å². The summed E-state index contributed by atoms with van der Waals surface area (Å²) in [4.78, 5) is 32.3. The maximum atomic E-state index is 12.4. The van der Waals surface area contributed by atoms with Gasteiger partial charge in [-0.05, 0) is 53.1 Å². The molecule has 0 unspecified atom stereocenters. The van der Waals surface area contributed by atoms with Crippen molar-refractivity contribution in [3.05, 3.63) is 60.9 Å². The van der Waals surface area contributed by atoms with Gasteiger partial charge >= 0.3 is 5.16 Å². The molecule has 8 nitrogen and oxygen atoms in total. The standard InChI is InChI=1S/C22H24N6O2S/c1-17(29)26-11-13-27(14-12-26)19-9-7-18(8-10-19)25-21(30)15-31-22-23-16-24-28(22)20-5-3-2-4-6-20/h2-10,16H,11-15H2,1H3,(H,25,30)/p+1. The molecule has 0 spiro atoms. The lowest BCUT2D eigenvalue weighted by Gasteiger charge is -2.35. The summed E-state index contributed by atoms with van der Waals surface area (Å²) in [6.07, 6.45) is 1.61. The van der Waals surface area contributed by atoms with Crippen molar-refractivity contribution in [1.29, 1.82) is 0 Å². The van der Waals surface area contributed by atoms with Crippen molar-refractivity contribution < 1.29 is 14.3 Å². The number of amides is 2. The van der Waals surface area contributed by atoms with Gasteiger partial charge in [-0.1, -0.05) is 18.2 Å². The van der Waals surface area contributed by atoms with Gasteiger partial charge in [-0.15, -0.1) is 4.68 Å². The number of aromatic amines is 1. The second-order valence-electron chi connectivity index (χ2n) is 7.22. The minimum Gasteiger partial charge on any atom is -0.368 e. The first-order valence-corrected chi connectivity index (χ1v) is 11.1. The number of thioether (sulfide) groups is 1. The Hall–Kier alpha value is -3.33. The van der Waals surface area contributed by atoms with Gasteiger partial charge in [-0.2, -0.15) is 5.10 Å². The molecule has 4 rings (SSSR count). The third-order valence-electron chi connectivity index (χ3n) is 5.14. The van der Waals surface area contributed by atoms with E-state index in [1.54, 1.807) is 13.3 Å². The van der Waals surface area contributed by atoms with Crippen LogP contribution in [0.15, 0.2) is 66.1 Å². The van der Waals surface area contributed by atoms with Crippen molar-refractivity contribution in [3.63, 3.8) is 0 Å². The maximum absolute atomic E-state index is 12.4. The highest BCUT2D eigenvalue weighted by molar-refractivity contribution is 7.99. The number of anilines is 2. The molecular weight excluding hydrogens is 412 g/mol. The number of piperazine rings is 1. The fraction of sp³-hybridized carbons (Fsp3) is 0.273. The Morgan fingerprint density at radius 2 is 1.77 bits per heavy atom. The van der Waals surface area contributed by atoms with E-state index in [2.05, 4.69) is 20.3 Å². The number of para-hydroxylation sites is 1.